The van der Waals surface area contributed by atoms with Crippen LogP contribution in [0.1, 0.15) is 18.4 Å². The van der Waals surface area contributed by atoms with Crippen LogP contribution in [0.5, 0.6) is 0 Å². The van der Waals surface area contributed by atoms with Crippen molar-refractivity contribution in [2.45, 2.75) is 25.5 Å². The molecule has 1 amide bonds. The lowest BCUT2D eigenvalue weighted by Gasteiger charge is -2.11. The Labute approximate surface area is 108 Å². The predicted octanol–water partition coefficient (Wildman–Crippen LogP) is 1.07. The van der Waals surface area contributed by atoms with Crippen LogP contribution in [0.3, 0.4) is 0 Å². The van der Waals surface area contributed by atoms with Crippen molar-refractivity contribution in [3.63, 3.8) is 0 Å². The largest absolute Gasteiger partial charge is 0.367 e. The lowest BCUT2D eigenvalue weighted by molar-refractivity contribution is -0.126. The van der Waals surface area contributed by atoms with Crippen molar-refractivity contribution < 1.29 is 9.53 Å². The van der Waals surface area contributed by atoms with E-state index in [1.165, 1.54) is 6.42 Å². The van der Waals surface area contributed by atoms with Gasteiger partial charge < -0.3 is 15.4 Å². The van der Waals surface area contributed by atoms with E-state index in [9.17, 15) is 4.79 Å². The summed E-state index contributed by atoms with van der Waals surface area (Å²) in [5.74, 6) is -0.0420. The number of hydrogen-bond acceptors (Lipinski definition) is 3. The Balaban J connectivity index is 1.57. The van der Waals surface area contributed by atoms with Crippen molar-refractivity contribution in [2.75, 3.05) is 19.7 Å². The second-order valence-corrected chi connectivity index (χ2v) is 4.58. The summed E-state index contributed by atoms with van der Waals surface area (Å²) >= 11 is 0. The molecule has 2 N–H and O–H groups in total. The van der Waals surface area contributed by atoms with Crippen molar-refractivity contribution in [3.8, 4) is 0 Å². The number of nitrogens with one attached hydrogen (secondary N) is 2. The second-order valence-electron chi connectivity index (χ2n) is 4.58. The first-order valence-electron chi connectivity index (χ1n) is 6.46. The highest BCUT2D eigenvalue weighted by atomic mass is 16.5. The fourth-order valence-corrected chi connectivity index (χ4v) is 2.05. The van der Waals surface area contributed by atoms with E-state index in [1.807, 2.05) is 30.3 Å². The molecule has 0 radical (unpaired) electrons. The highest BCUT2D eigenvalue weighted by Crippen LogP contribution is 2.03. The van der Waals surface area contributed by atoms with E-state index in [-0.39, 0.29) is 12.5 Å². The minimum Gasteiger partial charge on any atom is -0.367 e. The minimum absolute atomic E-state index is 0.0420. The molecule has 2 rings (SSSR count). The van der Waals surface area contributed by atoms with Gasteiger partial charge in [-0.25, -0.2) is 0 Å². The van der Waals surface area contributed by atoms with Crippen LogP contribution >= 0.6 is 0 Å². The normalized spacial score (nSPS) is 18.8. The second kappa shape index (κ2) is 7.13. The average molecular weight is 248 g/mol. The quantitative estimate of drug-likeness (QED) is 0.792. The van der Waals surface area contributed by atoms with Gasteiger partial charge in [0.05, 0.1) is 6.61 Å². The molecule has 1 unspecified atom stereocenters. The van der Waals surface area contributed by atoms with Crippen molar-refractivity contribution in [3.05, 3.63) is 35.9 Å². The van der Waals surface area contributed by atoms with Gasteiger partial charge in [0.25, 0.3) is 0 Å². The zero-order valence-electron chi connectivity index (χ0n) is 10.5. The Kier molecular flexibility index (Phi) is 5.17. The SMILES string of the molecule is O=C(COCc1ccccc1)NCC1CCCN1. The number of benzene rings is 1. The topological polar surface area (TPSA) is 50.4 Å². The molecule has 1 heterocycles. The molecule has 98 valence electrons. The van der Waals surface area contributed by atoms with Gasteiger partial charge in [0.2, 0.25) is 5.91 Å². The van der Waals surface area contributed by atoms with E-state index < -0.39 is 0 Å². The molecular weight excluding hydrogens is 228 g/mol. The lowest BCUT2D eigenvalue weighted by Crippen LogP contribution is -2.38. The maximum Gasteiger partial charge on any atom is 0.246 e. The Morgan fingerprint density at radius 3 is 2.94 bits per heavy atom. The number of rotatable bonds is 6. The van der Waals surface area contributed by atoms with E-state index in [4.69, 9.17) is 4.74 Å². The summed E-state index contributed by atoms with van der Waals surface area (Å²) < 4.78 is 5.36. The molecule has 4 nitrogen and oxygen atoms in total. The van der Waals surface area contributed by atoms with E-state index in [0.717, 1.165) is 18.5 Å². The number of amides is 1. The van der Waals surface area contributed by atoms with Crippen molar-refractivity contribution in [1.29, 1.82) is 0 Å². The Hall–Kier alpha value is -1.39. The molecule has 0 bridgehead atoms. The Morgan fingerprint density at radius 1 is 1.39 bits per heavy atom. The number of carbonyl (C=O) groups is 1. The average Bonchev–Trinajstić information content (AvgIpc) is 2.91. The van der Waals surface area contributed by atoms with Crippen LogP contribution in [0.15, 0.2) is 30.3 Å². The molecule has 0 aromatic heterocycles. The summed E-state index contributed by atoms with van der Waals surface area (Å²) in [5, 5.41) is 6.22. The third kappa shape index (κ3) is 4.47. The van der Waals surface area contributed by atoms with Gasteiger partial charge in [0.15, 0.2) is 0 Å². The van der Waals surface area contributed by atoms with Gasteiger partial charge in [-0.05, 0) is 24.9 Å². The Bertz CT molecular complexity index is 361. The number of ether oxygens (including phenoxy) is 1. The molecule has 1 atom stereocenters. The van der Waals surface area contributed by atoms with Gasteiger partial charge in [-0.15, -0.1) is 0 Å². The van der Waals surface area contributed by atoms with Crippen LogP contribution in [-0.2, 0) is 16.1 Å². The maximum absolute atomic E-state index is 11.5. The van der Waals surface area contributed by atoms with E-state index >= 15 is 0 Å². The molecule has 1 fully saturated rings. The molecule has 1 aromatic carbocycles. The van der Waals surface area contributed by atoms with Gasteiger partial charge in [0, 0.05) is 12.6 Å². The van der Waals surface area contributed by atoms with E-state index in [0.29, 0.717) is 19.2 Å². The van der Waals surface area contributed by atoms with Crippen LogP contribution < -0.4 is 10.6 Å². The third-order valence-electron chi connectivity index (χ3n) is 3.05. The summed E-state index contributed by atoms with van der Waals surface area (Å²) in [7, 11) is 0. The number of hydrogen-bond donors (Lipinski definition) is 2. The van der Waals surface area contributed by atoms with Crippen LogP contribution in [0.4, 0.5) is 0 Å². The van der Waals surface area contributed by atoms with Crippen LogP contribution in [-0.4, -0.2) is 31.6 Å². The van der Waals surface area contributed by atoms with Gasteiger partial charge in [-0.2, -0.15) is 0 Å². The van der Waals surface area contributed by atoms with E-state index in [1.54, 1.807) is 0 Å². The summed E-state index contributed by atoms with van der Waals surface area (Å²) in [6.07, 6.45) is 2.34. The molecular formula is C14H20N2O2. The fraction of sp³-hybridized carbons (Fsp3) is 0.500. The summed E-state index contributed by atoms with van der Waals surface area (Å²) in [6.45, 7) is 2.37. The van der Waals surface area contributed by atoms with E-state index in [2.05, 4.69) is 10.6 Å². The summed E-state index contributed by atoms with van der Waals surface area (Å²) in [5.41, 5.74) is 1.09. The first-order chi connectivity index (χ1) is 8.84. The first-order valence-corrected chi connectivity index (χ1v) is 6.46. The molecule has 1 aliphatic rings. The highest BCUT2D eigenvalue weighted by molar-refractivity contribution is 5.77. The van der Waals surface area contributed by atoms with Crippen molar-refractivity contribution in [1.82, 2.24) is 10.6 Å². The lowest BCUT2D eigenvalue weighted by atomic mass is 10.2. The van der Waals surface area contributed by atoms with Crippen molar-refractivity contribution >= 4 is 5.91 Å². The molecule has 4 heteroatoms. The smallest absolute Gasteiger partial charge is 0.246 e. The van der Waals surface area contributed by atoms with Gasteiger partial charge in [0.1, 0.15) is 6.61 Å². The molecule has 0 spiro atoms. The van der Waals surface area contributed by atoms with Crippen molar-refractivity contribution in [2.24, 2.45) is 0 Å². The predicted molar refractivity (Wildman–Crippen MR) is 70.1 cm³/mol. The summed E-state index contributed by atoms with van der Waals surface area (Å²) in [6, 6.07) is 10.3. The van der Waals surface area contributed by atoms with Crippen LogP contribution in [0, 0.1) is 0 Å². The minimum atomic E-state index is -0.0420. The molecule has 1 aliphatic heterocycles. The standard InChI is InChI=1S/C14H20N2O2/c17-14(16-9-13-7-4-8-15-13)11-18-10-12-5-2-1-3-6-12/h1-3,5-6,13,15H,4,7-11H2,(H,16,17). The first kappa shape index (κ1) is 13.1. The van der Waals surface area contributed by atoms with Crippen LogP contribution in [0.25, 0.3) is 0 Å². The Morgan fingerprint density at radius 2 is 2.22 bits per heavy atom. The molecule has 1 aromatic rings. The zero-order valence-corrected chi connectivity index (χ0v) is 10.5. The maximum atomic E-state index is 11.5. The molecule has 1 saturated heterocycles. The molecule has 18 heavy (non-hydrogen) atoms. The zero-order chi connectivity index (χ0) is 12.6. The molecule has 0 saturated carbocycles. The highest BCUT2D eigenvalue weighted by Gasteiger charge is 2.14. The van der Waals surface area contributed by atoms with Gasteiger partial charge in [-0.1, -0.05) is 30.3 Å². The fourth-order valence-electron chi connectivity index (χ4n) is 2.05. The third-order valence-corrected chi connectivity index (χ3v) is 3.05. The number of carbonyl (C=O) groups excluding carboxylic acids is 1. The monoisotopic (exact) mass is 248 g/mol. The summed E-state index contributed by atoms with van der Waals surface area (Å²) in [4.78, 5) is 11.5. The van der Waals surface area contributed by atoms with Crippen LogP contribution in [0.2, 0.25) is 0 Å². The molecule has 0 aliphatic carbocycles. The van der Waals surface area contributed by atoms with Gasteiger partial charge >= 0.3 is 0 Å². The van der Waals surface area contributed by atoms with Gasteiger partial charge in [-0.3, -0.25) is 4.79 Å².